The van der Waals surface area contributed by atoms with Crippen molar-refractivity contribution in [3.63, 3.8) is 0 Å². The second kappa shape index (κ2) is 10.3. The number of piperidine rings is 1. The lowest BCUT2D eigenvalue weighted by molar-refractivity contribution is 0.0946. The molecule has 1 aliphatic heterocycles. The lowest BCUT2D eigenvalue weighted by atomic mass is 9.94. The fourth-order valence-corrected chi connectivity index (χ4v) is 4.41. The fourth-order valence-electron chi connectivity index (χ4n) is 3.71. The van der Waals surface area contributed by atoms with Crippen LogP contribution in [0.3, 0.4) is 0 Å². The van der Waals surface area contributed by atoms with Crippen molar-refractivity contribution in [2.24, 2.45) is 0 Å². The molecule has 10 heteroatoms. The van der Waals surface area contributed by atoms with Crippen molar-refractivity contribution in [2.75, 3.05) is 25.0 Å². The lowest BCUT2D eigenvalue weighted by Gasteiger charge is -2.30. The predicted octanol–water partition coefficient (Wildman–Crippen LogP) is 3.01. The Morgan fingerprint density at radius 1 is 1.34 bits per heavy atom. The molecule has 0 radical (unpaired) electrons. The molecule has 1 aliphatic rings. The van der Waals surface area contributed by atoms with Crippen LogP contribution >= 0.6 is 11.3 Å². The quantitative estimate of drug-likeness (QED) is 0.529. The molecule has 32 heavy (non-hydrogen) atoms. The number of nitrogens with one attached hydrogen (secondary N) is 2. The Balaban J connectivity index is 1.41. The van der Waals surface area contributed by atoms with Gasteiger partial charge in [-0.15, -0.1) is 11.3 Å². The highest BCUT2D eigenvalue weighted by Gasteiger charge is 2.23. The summed E-state index contributed by atoms with van der Waals surface area (Å²) >= 11 is 1.35. The molecule has 0 saturated carbocycles. The number of carbonyl (C=O) groups is 1. The molecule has 1 amide bonds. The van der Waals surface area contributed by atoms with Gasteiger partial charge in [-0.3, -0.25) is 14.7 Å². The smallest absolute Gasteiger partial charge is 0.271 e. The maximum absolute atomic E-state index is 12.4. The average Bonchev–Trinajstić information content (AvgIpc) is 3.27. The third-order valence-electron chi connectivity index (χ3n) is 5.20. The van der Waals surface area contributed by atoms with E-state index in [-0.39, 0.29) is 11.8 Å². The van der Waals surface area contributed by atoms with Crippen molar-refractivity contribution in [1.29, 1.82) is 5.26 Å². The minimum Gasteiger partial charge on any atom is -0.345 e. The van der Waals surface area contributed by atoms with E-state index in [0.29, 0.717) is 35.6 Å². The number of pyridine rings is 1. The fraction of sp³-hybridized carbons (Fsp3) is 0.364. The first-order valence-corrected chi connectivity index (χ1v) is 11.3. The number of hydrogen-bond acceptors (Lipinski definition) is 9. The number of aryl methyl sites for hydroxylation is 1. The van der Waals surface area contributed by atoms with Crippen molar-refractivity contribution in [3.8, 4) is 6.07 Å². The molecule has 164 valence electrons. The summed E-state index contributed by atoms with van der Waals surface area (Å²) in [5.74, 6) is 1.34. The van der Waals surface area contributed by atoms with Gasteiger partial charge in [-0.05, 0) is 38.4 Å². The highest BCUT2D eigenvalue weighted by atomic mass is 32.1. The van der Waals surface area contributed by atoms with E-state index in [1.807, 2.05) is 31.2 Å². The van der Waals surface area contributed by atoms with E-state index in [4.69, 9.17) is 5.26 Å². The molecule has 1 atom stereocenters. The molecule has 1 fully saturated rings. The van der Waals surface area contributed by atoms with Gasteiger partial charge in [-0.25, -0.2) is 15.0 Å². The first kappa shape index (κ1) is 21.8. The minimum atomic E-state index is -0.251. The number of amides is 1. The number of rotatable bonds is 7. The number of carbonyl (C=O) groups excluding carboxylic acids is 1. The zero-order valence-electron chi connectivity index (χ0n) is 17.8. The summed E-state index contributed by atoms with van der Waals surface area (Å²) < 4.78 is 0. The first-order valence-electron chi connectivity index (χ1n) is 10.5. The van der Waals surface area contributed by atoms with Crippen LogP contribution in [0.4, 0.5) is 10.9 Å². The summed E-state index contributed by atoms with van der Waals surface area (Å²) in [6.07, 6.45) is 3.77. The molecule has 0 bridgehead atoms. The zero-order chi connectivity index (χ0) is 22.3. The number of thiazole rings is 1. The minimum absolute atomic E-state index is 0.251. The van der Waals surface area contributed by atoms with Crippen molar-refractivity contribution in [2.45, 2.75) is 32.2 Å². The molecule has 1 unspecified atom stereocenters. The van der Waals surface area contributed by atoms with Crippen LogP contribution in [-0.4, -0.2) is 50.4 Å². The van der Waals surface area contributed by atoms with E-state index in [1.54, 1.807) is 11.6 Å². The molecule has 0 aromatic carbocycles. The number of nitrogens with zero attached hydrogens (tertiary/aromatic N) is 6. The Kier molecular flexibility index (Phi) is 6.99. The van der Waals surface area contributed by atoms with Crippen molar-refractivity contribution < 1.29 is 4.79 Å². The first-order chi connectivity index (χ1) is 15.6. The Bertz CT molecular complexity index is 1110. The molecule has 3 aromatic heterocycles. The summed E-state index contributed by atoms with van der Waals surface area (Å²) in [6.45, 7) is 4.42. The number of nitriles is 1. The number of likely N-dealkylation sites (tertiary alicyclic amines) is 1. The van der Waals surface area contributed by atoms with Gasteiger partial charge in [0, 0.05) is 30.1 Å². The number of anilines is 2. The molecular formula is C22H24N8OS. The molecule has 4 heterocycles. The molecule has 0 aliphatic carbocycles. The zero-order valence-corrected chi connectivity index (χ0v) is 18.6. The van der Waals surface area contributed by atoms with Crippen LogP contribution in [0.15, 0.2) is 35.8 Å². The number of hydrogen-bond donors (Lipinski definition) is 2. The van der Waals surface area contributed by atoms with Gasteiger partial charge >= 0.3 is 0 Å². The molecule has 9 nitrogen and oxygen atoms in total. The van der Waals surface area contributed by atoms with Crippen LogP contribution in [0.2, 0.25) is 0 Å². The molecular weight excluding hydrogens is 424 g/mol. The van der Waals surface area contributed by atoms with E-state index in [1.165, 1.54) is 11.3 Å². The molecule has 2 N–H and O–H groups in total. The van der Waals surface area contributed by atoms with E-state index in [2.05, 4.69) is 41.5 Å². The molecule has 1 saturated heterocycles. The largest absolute Gasteiger partial charge is 0.345 e. The summed E-state index contributed by atoms with van der Waals surface area (Å²) in [7, 11) is 0. The third kappa shape index (κ3) is 5.63. The van der Waals surface area contributed by atoms with Gasteiger partial charge in [0.2, 0.25) is 0 Å². The highest BCUT2D eigenvalue weighted by Crippen LogP contribution is 2.28. The van der Waals surface area contributed by atoms with Crippen molar-refractivity contribution in [3.05, 3.63) is 58.7 Å². The Morgan fingerprint density at radius 3 is 3.06 bits per heavy atom. The van der Waals surface area contributed by atoms with E-state index < -0.39 is 0 Å². The van der Waals surface area contributed by atoms with Crippen LogP contribution in [0.1, 0.15) is 46.5 Å². The topological polar surface area (TPSA) is 120 Å². The van der Waals surface area contributed by atoms with Crippen molar-refractivity contribution >= 4 is 28.2 Å². The van der Waals surface area contributed by atoms with E-state index >= 15 is 0 Å². The van der Waals surface area contributed by atoms with Crippen molar-refractivity contribution in [1.82, 2.24) is 30.2 Å². The highest BCUT2D eigenvalue weighted by molar-refractivity contribution is 7.14. The number of aromatic nitrogens is 4. The van der Waals surface area contributed by atoms with Gasteiger partial charge in [0.25, 0.3) is 5.91 Å². The molecule has 3 aromatic rings. The summed E-state index contributed by atoms with van der Waals surface area (Å²) in [5, 5.41) is 17.3. The summed E-state index contributed by atoms with van der Waals surface area (Å²) in [6, 6.07) is 9.74. The Hall–Kier alpha value is -3.42. The normalized spacial score (nSPS) is 16.3. The predicted molar refractivity (Wildman–Crippen MR) is 122 cm³/mol. The van der Waals surface area contributed by atoms with Crippen LogP contribution < -0.4 is 10.6 Å². The van der Waals surface area contributed by atoms with E-state index in [9.17, 15) is 4.79 Å². The van der Waals surface area contributed by atoms with E-state index in [0.717, 1.165) is 37.3 Å². The SMILES string of the molecule is Cc1nc(Nc2nc(C(=O)NCc3ccccn3)cs2)cc(C2CCCN(CC#N)C2)n1. The van der Waals surface area contributed by atoms with Crippen LogP contribution in [0.5, 0.6) is 0 Å². The van der Waals surface area contributed by atoms with Gasteiger partial charge in [0.15, 0.2) is 5.13 Å². The van der Waals surface area contributed by atoms with Gasteiger partial charge in [0.1, 0.15) is 17.3 Å². The van der Waals surface area contributed by atoms with Crippen LogP contribution in [-0.2, 0) is 6.54 Å². The van der Waals surface area contributed by atoms with Crippen LogP contribution in [0.25, 0.3) is 0 Å². The molecule has 0 spiro atoms. The Morgan fingerprint density at radius 2 is 2.25 bits per heavy atom. The van der Waals surface area contributed by atoms with Gasteiger partial charge in [0.05, 0.1) is 30.5 Å². The summed E-state index contributed by atoms with van der Waals surface area (Å²) in [4.78, 5) is 32.3. The maximum atomic E-state index is 12.4. The Labute approximate surface area is 190 Å². The van der Waals surface area contributed by atoms with Crippen LogP contribution in [0, 0.1) is 18.3 Å². The average molecular weight is 449 g/mol. The van der Waals surface area contributed by atoms with Gasteiger partial charge in [-0.2, -0.15) is 5.26 Å². The van der Waals surface area contributed by atoms with Gasteiger partial charge < -0.3 is 10.6 Å². The summed E-state index contributed by atoms with van der Waals surface area (Å²) in [5.41, 5.74) is 2.10. The second-order valence-electron chi connectivity index (χ2n) is 7.62. The lowest BCUT2D eigenvalue weighted by Crippen LogP contribution is -2.35. The maximum Gasteiger partial charge on any atom is 0.271 e. The second-order valence-corrected chi connectivity index (χ2v) is 8.48. The monoisotopic (exact) mass is 448 g/mol. The third-order valence-corrected chi connectivity index (χ3v) is 5.96. The molecule has 4 rings (SSSR count). The standard InChI is InChI=1S/C22H24N8OS/c1-15-26-18(16-5-4-9-30(13-16)10-7-23)11-20(27-15)29-22-28-19(14-32-22)21(31)25-12-17-6-2-3-8-24-17/h2-3,6,8,11,14,16H,4-5,9-10,12-13H2,1H3,(H,25,31)(H,26,27,28,29). The van der Waals surface area contributed by atoms with Gasteiger partial charge in [-0.1, -0.05) is 6.07 Å².